The molecule has 0 bridgehead atoms. The van der Waals surface area contributed by atoms with Gasteiger partial charge in [0.25, 0.3) is 0 Å². The molecule has 3 N–H and O–H groups in total. The number of rotatable bonds is 4. The molecule has 96 valence electrons. The predicted molar refractivity (Wildman–Crippen MR) is 81.6 cm³/mol. The number of aryl methyl sites for hydroxylation is 1. The Labute approximate surface area is 127 Å². The van der Waals surface area contributed by atoms with Crippen LogP contribution >= 0.6 is 38.5 Å². The first-order valence-electron chi connectivity index (χ1n) is 5.36. The Morgan fingerprint density at radius 3 is 2.94 bits per heavy atom. The highest BCUT2D eigenvalue weighted by atomic mass is 127. The highest BCUT2D eigenvalue weighted by Gasteiger charge is 2.15. The number of aromatic nitrogens is 3. The first kappa shape index (κ1) is 13.9. The molecule has 0 saturated heterocycles. The fourth-order valence-corrected chi connectivity index (χ4v) is 2.78. The summed E-state index contributed by atoms with van der Waals surface area (Å²) in [6.07, 6.45) is 2.59. The fourth-order valence-electron chi connectivity index (χ4n) is 1.74. The third-order valence-corrected chi connectivity index (χ3v) is 3.99. The van der Waals surface area contributed by atoms with Crippen LogP contribution < -0.4 is 11.3 Å². The van der Waals surface area contributed by atoms with E-state index in [1.807, 2.05) is 25.4 Å². The van der Waals surface area contributed by atoms with E-state index in [0.29, 0.717) is 6.42 Å². The minimum absolute atomic E-state index is 0.00536. The van der Waals surface area contributed by atoms with Crippen molar-refractivity contribution in [3.63, 3.8) is 0 Å². The van der Waals surface area contributed by atoms with E-state index in [-0.39, 0.29) is 6.04 Å². The predicted octanol–water partition coefficient (Wildman–Crippen LogP) is 1.93. The lowest BCUT2D eigenvalue weighted by Gasteiger charge is -2.17. The van der Waals surface area contributed by atoms with Crippen molar-refractivity contribution >= 4 is 38.5 Å². The number of hydrazine groups is 1. The molecule has 1 aromatic carbocycles. The minimum atomic E-state index is 0.00536. The normalized spacial score (nSPS) is 12.7. The molecule has 0 amide bonds. The van der Waals surface area contributed by atoms with Gasteiger partial charge in [0.15, 0.2) is 0 Å². The molecular formula is C11H13BrIN5. The van der Waals surface area contributed by atoms with E-state index >= 15 is 0 Å². The number of benzene rings is 1. The first-order chi connectivity index (χ1) is 8.60. The molecule has 7 heteroatoms. The van der Waals surface area contributed by atoms with Gasteiger partial charge in [-0.2, -0.15) is 0 Å². The molecule has 1 heterocycles. The van der Waals surface area contributed by atoms with Crippen molar-refractivity contribution in [3.05, 3.63) is 43.7 Å². The van der Waals surface area contributed by atoms with E-state index in [9.17, 15) is 0 Å². The van der Waals surface area contributed by atoms with Gasteiger partial charge in [0.05, 0.1) is 11.7 Å². The van der Waals surface area contributed by atoms with Crippen molar-refractivity contribution in [2.75, 3.05) is 0 Å². The lowest BCUT2D eigenvalue weighted by molar-refractivity contribution is 0.543. The second kappa shape index (κ2) is 6.09. The second-order valence-electron chi connectivity index (χ2n) is 3.97. The highest BCUT2D eigenvalue weighted by Crippen LogP contribution is 2.27. The van der Waals surface area contributed by atoms with Gasteiger partial charge in [-0.3, -0.25) is 16.0 Å². The first-order valence-corrected chi connectivity index (χ1v) is 7.23. The molecule has 18 heavy (non-hydrogen) atoms. The Balaban J connectivity index is 2.25. The van der Waals surface area contributed by atoms with Gasteiger partial charge < -0.3 is 0 Å². The Bertz CT molecular complexity index is 542. The monoisotopic (exact) mass is 421 g/mol. The number of nitrogens with two attached hydrogens (primary N) is 1. The van der Waals surface area contributed by atoms with Crippen LogP contribution in [0.1, 0.15) is 17.3 Å². The highest BCUT2D eigenvalue weighted by molar-refractivity contribution is 14.1. The van der Waals surface area contributed by atoms with Crippen LogP contribution in [0.3, 0.4) is 0 Å². The van der Waals surface area contributed by atoms with Gasteiger partial charge in [-0.25, -0.2) is 0 Å². The van der Waals surface area contributed by atoms with Crippen LogP contribution in [0.2, 0.25) is 0 Å². The van der Waals surface area contributed by atoms with Crippen molar-refractivity contribution in [1.82, 2.24) is 20.4 Å². The van der Waals surface area contributed by atoms with Gasteiger partial charge >= 0.3 is 0 Å². The van der Waals surface area contributed by atoms with Crippen molar-refractivity contribution < 1.29 is 0 Å². The molecule has 0 aliphatic rings. The maximum absolute atomic E-state index is 5.65. The number of hydrogen-bond acceptors (Lipinski definition) is 4. The van der Waals surface area contributed by atoms with E-state index in [0.717, 1.165) is 15.7 Å². The summed E-state index contributed by atoms with van der Waals surface area (Å²) in [6, 6.07) is 6.18. The zero-order valence-corrected chi connectivity index (χ0v) is 13.5. The van der Waals surface area contributed by atoms with E-state index in [2.05, 4.69) is 60.3 Å². The zero-order valence-electron chi connectivity index (χ0n) is 9.77. The summed E-state index contributed by atoms with van der Waals surface area (Å²) in [7, 11) is 1.85. The van der Waals surface area contributed by atoms with Crippen LogP contribution in [0, 0.1) is 3.57 Å². The molecule has 0 aliphatic heterocycles. The van der Waals surface area contributed by atoms with E-state index in [1.165, 1.54) is 3.57 Å². The number of halogens is 2. The molecule has 0 radical (unpaired) electrons. The maximum Gasteiger partial charge on any atom is 0.0846 e. The van der Waals surface area contributed by atoms with Gasteiger partial charge in [0.2, 0.25) is 0 Å². The van der Waals surface area contributed by atoms with Crippen LogP contribution in [-0.4, -0.2) is 15.0 Å². The van der Waals surface area contributed by atoms with Crippen LogP contribution in [0.4, 0.5) is 0 Å². The van der Waals surface area contributed by atoms with Gasteiger partial charge in [0, 0.05) is 27.7 Å². The maximum atomic E-state index is 5.65. The minimum Gasteiger partial charge on any atom is -0.271 e. The second-order valence-corrected chi connectivity index (χ2v) is 6.07. The molecule has 2 rings (SSSR count). The number of nitrogens with one attached hydrogen (secondary N) is 1. The Hall–Kier alpha value is -0.510. The standard InChI is InChI=1S/C11H13BrIN5/c1-18-6-8(16-17-18)5-11(15-14)9-4-7(13)2-3-10(9)12/h2-4,6,11,15H,5,14H2,1H3. The Morgan fingerprint density at radius 1 is 1.56 bits per heavy atom. The van der Waals surface area contributed by atoms with Gasteiger partial charge in [-0.1, -0.05) is 21.1 Å². The van der Waals surface area contributed by atoms with E-state index in [4.69, 9.17) is 5.84 Å². The SMILES string of the molecule is Cn1cc(CC(NN)c2cc(I)ccc2Br)nn1. The van der Waals surface area contributed by atoms with Crippen molar-refractivity contribution in [3.8, 4) is 0 Å². The topological polar surface area (TPSA) is 68.8 Å². The summed E-state index contributed by atoms with van der Waals surface area (Å²) in [6.45, 7) is 0. The smallest absolute Gasteiger partial charge is 0.0846 e. The average molecular weight is 422 g/mol. The number of hydrogen-bond donors (Lipinski definition) is 2. The summed E-state index contributed by atoms with van der Waals surface area (Å²) in [5.74, 6) is 5.65. The largest absolute Gasteiger partial charge is 0.271 e. The molecule has 1 atom stereocenters. The molecule has 0 aliphatic carbocycles. The van der Waals surface area contributed by atoms with Crippen LogP contribution in [0.5, 0.6) is 0 Å². The lowest BCUT2D eigenvalue weighted by Crippen LogP contribution is -2.30. The molecular weight excluding hydrogens is 409 g/mol. The van der Waals surface area contributed by atoms with Gasteiger partial charge in [0.1, 0.15) is 0 Å². The quantitative estimate of drug-likeness (QED) is 0.449. The van der Waals surface area contributed by atoms with Crippen molar-refractivity contribution in [1.29, 1.82) is 0 Å². The van der Waals surface area contributed by atoms with Crippen molar-refractivity contribution in [2.45, 2.75) is 12.5 Å². The van der Waals surface area contributed by atoms with E-state index in [1.54, 1.807) is 4.68 Å². The van der Waals surface area contributed by atoms with Crippen LogP contribution in [0.15, 0.2) is 28.9 Å². The molecule has 0 spiro atoms. The van der Waals surface area contributed by atoms with E-state index < -0.39 is 0 Å². The third-order valence-electron chi connectivity index (χ3n) is 2.60. The molecule has 2 aromatic rings. The summed E-state index contributed by atoms with van der Waals surface area (Å²) in [4.78, 5) is 0. The van der Waals surface area contributed by atoms with Gasteiger partial charge in [-0.05, 0) is 46.4 Å². The molecule has 1 aromatic heterocycles. The van der Waals surface area contributed by atoms with Crippen LogP contribution in [-0.2, 0) is 13.5 Å². The average Bonchev–Trinajstić information content (AvgIpc) is 2.75. The molecule has 5 nitrogen and oxygen atoms in total. The zero-order chi connectivity index (χ0) is 13.1. The summed E-state index contributed by atoms with van der Waals surface area (Å²) < 4.78 is 3.90. The van der Waals surface area contributed by atoms with Gasteiger partial charge in [-0.15, -0.1) is 5.10 Å². The molecule has 0 saturated carbocycles. The summed E-state index contributed by atoms with van der Waals surface area (Å²) >= 11 is 5.84. The lowest BCUT2D eigenvalue weighted by atomic mass is 10.0. The number of nitrogens with zero attached hydrogens (tertiary/aromatic N) is 3. The summed E-state index contributed by atoms with van der Waals surface area (Å²) in [5.41, 5.74) is 4.86. The Kier molecular flexibility index (Phi) is 4.71. The summed E-state index contributed by atoms with van der Waals surface area (Å²) in [5, 5.41) is 8.00. The Morgan fingerprint density at radius 2 is 2.33 bits per heavy atom. The van der Waals surface area contributed by atoms with Crippen molar-refractivity contribution in [2.24, 2.45) is 12.9 Å². The third kappa shape index (κ3) is 3.28. The molecule has 1 unspecified atom stereocenters. The molecule has 0 fully saturated rings. The van der Waals surface area contributed by atoms with Crippen LogP contribution in [0.25, 0.3) is 0 Å². The fraction of sp³-hybridized carbons (Fsp3) is 0.273.